The summed E-state index contributed by atoms with van der Waals surface area (Å²) >= 11 is 0. The van der Waals surface area contributed by atoms with Gasteiger partial charge in [-0.05, 0) is 36.8 Å². The van der Waals surface area contributed by atoms with Crippen LogP contribution in [-0.4, -0.2) is 32.2 Å². The number of carbonyl (C=O) groups excluding carboxylic acids is 1. The first-order valence-electron chi connectivity index (χ1n) is 8.95. The van der Waals surface area contributed by atoms with Gasteiger partial charge in [-0.1, -0.05) is 12.1 Å². The van der Waals surface area contributed by atoms with Gasteiger partial charge in [0.05, 0.1) is 33.2 Å². The van der Waals surface area contributed by atoms with E-state index in [0.717, 1.165) is 16.9 Å². The lowest BCUT2D eigenvalue weighted by Crippen LogP contribution is -2.13. The Labute approximate surface area is 169 Å². The van der Waals surface area contributed by atoms with E-state index in [2.05, 4.69) is 15.6 Å². The molecule has 7 heteroatoms. The Morgan fingerprint density at radius 2 is 1.59 bits per heavy atom. The fraction of sp³-hybridized carbons (Fsp3) is 0.182. The van der Waals surface area contributed by atoms with E-state index in [-0.39, 0.29) is 5.91 Å². The van der Waals surface area contributed by atoms with Gasteiger partial charge in [0.25, 0.3) is 5.91 Å². The fourth-order valence-electron chi connectivity index (χ4n) is 2.84. The molecule has 0 saturated heterocycles. The summed E-state index contributed by atoms with van der Waals surface area (Å²) in [5, 5.41) is 6.06. The largest absolute Gasteiger partial charge is 0.493 e. The Kier molecular flexibility index (Phi) is 6.19. The number of ether oxygens (including phenoxy) is 3. The van der Waals surface area contributed by atoms with E-state index in [4.69, 9.17) is 14.2 Å². The fourth-order valence-corrected chi connectivity index (χ4v) is 2.84. The lowest BCUT2D eigenvalue weighted by atomic mass is 10.2. The number of benzene rings is 2. The van der Waals surface area contributed by atoms with Crippen LogP contribution in [0.3, 0.4) is 0 Å². The predicted octanol–water partition coefficient (Wildman–Crippen LogP) is 4.41. The van der Waals surface area contributed by atoms with Crippen LogP contribution >= 0.6 is 0 Å². The van der Waals surface area contributed by atoms with Crippen LogP contribution in [0, 0.1) is 6.92 Å². The van der Waals surface area contributed by atoms with Crippen molar-refractivity contribution in [2.24, 2.45) is 0 Å². The van der Waals surface area contributed by atoms with E-state index in [9.17, 15) is 4.79 Å². The molecular formula is C22H23N3O4. The monoisotopic (exact) mass is 393 g/mol. The zero-order valence-electron chi connectivity index (χ0n) is 16.8. The molecule has 0 aliphatic carbocycles. The SMILES string of the molecule is COc1cc(Nc2ccc(C(=O)Nc3cccc(C)c3)nc2)cc(OC)c1OC. The Hall–Kier alpha value is -3.74. The minimum absolute atomic E-state index is 0.269. The molecule has 3 rings (SSSR count). The van der Waals surface area contributed by atoms with Crippen LogP contribution in [0.2, 0.25) is 0 Å². The van der Waals surface area contributed by atoms with Crippen LogP contribution in [-0.2, 0) is 0 Å². The second kappa shape index (κ2) is 8.97. The number of amides is 1. The minimum Gasteiger partial charge on any atom is -0.493 e. The van der Waals surface area contributed by atoms with Crippen LogP contribution in [0.4, 0.5) is 17.1 Å². The lowest BCUT2D eigenvalue weighted by molar-refractivity contribution is 0.102. The summed E-state index contributed by atoms with van der Waals surface area (Å²) in [6, 6.07) is 14.6. The van der Waals surface area contributed by atoms with Gasteiger partial charge in [0, 0.05) is 23.5 Å². The molecule has 2 aromatic carbocycles. The standard InChI is InChI=1S/C22H23N3O4/c1-14-6-5-7-15(10-14)25-22(26)18-9-8-16(13-23-18)24-17-11-19(27-2)21(29-4)20(12-17)28-3/h5-13,24H,1-4H3,(H,25,26). The number of anilines is 3. The van der Waals surface area contributed by atoms with Crippen molar-refractivity contribution in [2.75, 3.05) is 32.0 Å². The highest BCUT2D eigenvalue weighted by atomic mass is 16.5. The summed E-state index contributed by atoms with van der Waals surface area (Å²) in [5.41, 5.74) is 3.57. The number of nitrogens with one attached hydrogen (secondary N) is 2. The van der Waals surface area contributed by atoms with Gasteiger partial charge in [-0.15, -0.1) is 0 Å². The summed E-state index contributed by atoms with van der Waals surface area (Å²) in [7, 11) is 4.67. The van der Waals surface area contributed by atoms with E-state index in [1.165, 1.54) is 0 Å². The molecule has 2 N–H and O–H groups in total. The van der Waals surface area contributed by atoms with Crippen LogP contribution in [0.15, 0.2) is 54.7 Å². The Morgan fingerprint density at radius 3 is 2.14 bits per heavy atom. The third-order valence-electron chi connectivity index (χ3n) is 4.23. The lowest BCUT2D eigenvalue weighted by Gasteiger charge is -2.15. The van der Waals surface area contributed by atoms with Gasteiger partial charge in [0.1, 0.15) is 5.69 Å². The molecule has 0 aliphatic rings. The summed E-state index contributed by atoms with van der Waals surface area (Å²) in [6.07, 6.45) is 1.59. The van der Waals surface area contributed by atoms with Crippen molar-refractivity contribution < 1.29 is 19.0 Å². The van der Waals surface area contributed by atoms with E-state index in [1.807, 2.05) is 31.2 Å². The third-order valence-corrected chi connectivity index (χ3v) is 4.23. The maximum absolute atomic E-state index is 12.4. The first-order valence-corrected chi connectivity index (χ1v) is 8.95. The van der Waals surface area contributed by atoms with Crippen LogP contribution in [0.5, 0.6) is 17.2 Å². The summed E-state index contributed by atoms with van der Waals surface area (Å²) in [5.74, 6) is 1.32. The molecule has 0 fully saturated rings. The van der Waals surface area contributed by atoms with Gasteiger partial charge in [-0.3, -0.25) is 4.79 Å². The molecule has 3 aromatic rings. The summed E-state index contributed by atoms with van der Waals surface area (Å²) in [6.45, 7) is 1.97. The number of hydrogen-bond donors (Lipinski definition) is 2. The van der Waals surface area contributed by atoms with Gasteiger partial charge < -0.3 is 24.8 Å². The van der Waals surface area contributed by atoms with Crippen molar-refractivity contribution in [1.29, 1.82) is 0 Å². The van der Waals surface area contributed by atoms with Gasteiger partial charge in [-0.2, -0.15) is 0 Å². The van der Waals surface area contributed by atoms with Crippen LogP contribution in [0.25, 0.3) is 0 Å². The quantitative estimate of drug-likeness (QED) is 0.619. The van der Waals surface area contributed by atoms with Crippen molar-refractivity contribution in [2.45, 2.75) is 6.92 Å². The molecule has 0 spiro atoms. The highest BCUT2D eigenvalue weighted by molar-refractivity contribution is 6.03. The van der Waals surface area contributed by atoms with E-state index >= 15 is 0 Å². The van der Waals surface area contributed by atoms with Gasteiger partial charge in [0.15, 0.2) is 11.5 Å². The number of aryl methyl sites for hydroxylation is 1. The van der Waals surface area contributed by atoms with Crippen molar-refractivity contribution in [1.82, 2.24) is 4.98 Å². The van der Waals surface area contributed by atoms with Gasteiger partial charge in [-0.25, -0.2) is 4.98 Å². The molecule has 29 heavy (non-hydrogen) atoms. The number of hydrogen-bond acceptors (Lipinski definition) is 6. The number of pyridine rings is 1. The average Bonchev–Trinajstić information content (AvgIpc) is 2.73. The summed E-state index contributed by atoms with van der Waals surface area (Å²) < 4.78 is 16.0. The molecule has 0 bridgehead atoms. The van der Waals surface area contributed by atoms with Crippen LogP contribution < -0.4 is 24.8 Å². The Balaban J connectivity index is 1.74. The van der Waals surface area contributed by atoms with Crippen molar-refractivity contribution in [3.8, 4) is 17.2 Å². The van der Waals surface area contributed by atoms with Crippen LogP contribution in [0.1, 0.15) is 16.1 Å². The predicted molar refractivity (Wildman–Crippen MR) is 113 cm³/mol. The Bertz CT molecular complexity index is 978. The molecular weight excluding hydrogens is 370 g/mol. The number of methoxy groups -OCH3 is 3. The molecule has 0 radical (unpaired) electrons. The molecule has 1 aromatic heterocycles. The summed E-state index contributed by atoms with van der Waals surface area (Å²) in [4.78, 5) is 16.6. The first kappa shape index (κ1) is 20.0. The molecule has 150 valence electrons. The van der Waals surface area contributed by atoms with E-state index < -0.39 is 0 Å². The normalized spacial score (nSPS) is 10.2. The van der Waals surface area contributed by atoms with E-state index in [1.54, 1.807) is 51.8 Å². The molecule has 0 atom stereocenters. The second-order valence-corrected chi connectivity index (χ2v) is 6.29. The topological polar surface area (TPSA) is 81.7 Å². The molecule has 7 nitrogen and oxygen atoms in total. The first-order chi connectivity index (χ1) is 14.0. The number of aromatic nitrogens is 1. The molecule has 0 aliphatic heterocycles. The maximum Gasteiger partial charge on any atom is 0.274 e. The third kappa shape index (κ3) is 4.76. The van der Waals surface area contributed by atoms with Crippen molar-refractivity contribution in [3.63, 3.8) is 0 Å². The number of rotatable bonds is 7. The zero-order chi connectivity index (χ0) is 20.8. The van der Waals surface area contributed by atoms with Crippen molar-refractivity contribution in [3.05, 3.63) is 66.0 Å². The molecule has 0 saturated carbocycles. The number of nitrogens with zero attached hydrogens (tertiary/aromatic N) is 1. The number of carbonyl (C=O) groups is 1. The van der Waals surface area contributed by atoms with Gasteiger partial charge in [0.2, 0.25) is 5.75 Å². The molecule has 1 amide bonds. The smallest absolute Gasteiger partial charge is 0.274 e. The zero-order valence-corrected chi connectivity index (χ0v) is 16.8. The molecule has 0 unspecified atom stereocenters. The second-order valence-electron chi connectivity index (χ2n) is 6.29. The molecule has 1 heterocycles. The minimum atomic E-state index is -0.269. The van der Waals surface area contributed by atoms with Crippen molar-refractivity contribution >= 4 is 23.0 Å². The highest BCUT2D eigenvalue weighted by Gasteiger charge is 2.14. The average molecular weight is 393 g/mol. The van der Waals surface area contributed by atoms with Gasteiger partial charge >= 0.3 is 0 Å². The maximum atomic E-state index is 12.4. The Morgan fingerprint density at radius 1 is 0.862 bits per heavy atom. The van der Waals surface area contributed by atoms with E-state index in [0.29, 0.717) is 28.6 Å². The highest BCUT2D eigenvalue weighted by Crippen LogP contribution is 2.40.